The minimum atomic E-state index is -4.13. The number of para-hydroxylation sites is 1. The largest absolute Gasteiger partial charge is 0.496 e. The van der Waals surface area contributed by atoms with E-state index in [0.29, 0.717) is 24.4 Å². The Hall–Kier alpha value is -2.14. The average Bonchev–Trinajstić information content (AvgIpc) is 2.68. The van der Waals surface area contributed by atoms with Crippen LogP contribution in [0, 0.1) is 0 Å². The summed E-state index contributed by atoms with van der Waals surface area (Å²) in [7, 11) is 0.0684. The van der Waals surface area contributed by atoms with E-state index in [-0.39, 0.29) is 19.0 Å². The van der Waals surface area contributed by atoms with Crippen molar-refractivity contribution in [2.75, 3.05) is 26.7 Å². The summed E-state index contributed by atoms with van der Waals surface area (Å²) >= 11 is 0. The topological polar surface area (TPSA) is 103 Å². The summed E-state index contributed by atoms with van der Waals surface area (Å²) in [6, 6.07) is 6.64. The first-order valence-corrected chi connectivity index (χ1v) is 9.85. The van der Waals surface area contributed by atoms with Gasteiger partial charge < -0.3 is 14.6 Å². The molecule has 2 heterocycles. The van der Waals surface area contributed by atoms with Crippen LogP contribution in [0.5, 0.6) is 5.75 Å². The van der Waals surface area contributed by atoms with Crippen molar-refractivity contribution in [3.05, 3.63) is 56.9 Å². The maximum Gasteiger partial charge on any atom is 0.330 e. The molecule has 2 aromatic rings. The summed E-state index contributed by atoms with van der Waals surface area (Å²) in [5.41, 5.74) is -0.714. The van der Waals surface area contributed by atoms with Gasteiger partial charge in [-0.25, -0.2) is 13.2 Å². The van der Waals surface area contributed by atoms with Crippen LogP contribution in [0.25, 0.3) is 0 Å². The van der Waals surface area contributed by atoms with E-state index >= 15 is 0 Å². The highest BCUT2D eigenvalue weighted by molar-refractivity contribution is 7.89. The molecule has 0 radical (unpaired) electrons. The minimum Gasteiger partial charge on any atom is -0.496 e. The number of nitrogens with one attached hydrogen (secondary N) is 1. The van der Waals surface area contributed by atoms with E-state index < -0.39 is 32.2 Å². The first-order valence-electron chi connectivity index (χ1n) is 8.41. The summed E-state index contributed by atoms with van der Waals surface area (Å²) < 4.78 is 35.2. The van der Waals surface area contributed by atoms with Gasteiger partial charge in [-0.15, -0.1) is 12.4 Å². The van der Waals surface area contributed by atoms with Crippen molar-refractivity contribution in [1.82, 2.24) is 18.8 Å². The number of hydrogen-bond donors (Lipinski definition) is 1. The molecule has 1 unspecified atom stereocenters. The summed E-state index contributed by atoms with van der Waals surface area (Å²) in [6.07, 6.45) is 1.08. The van der Waals surface area contributed by atoms with E-state index in [0.717, 1.165) is 15.3 Å². The predicted molar refractivity (Wildman–Crippen MR) is 107 cm³/mol. The van der Waals surface area contributed by atoms with Crippen LogP contribution in [0.1, 0.15) is 11.6 Å². The van der Waals surface area contributed by atoms with E-state index in [4.69, 9.17) is 4.74 Å². The molecule has 0 spiro atoms. The molecule has 3 rings (SSSR count). The van der Waals surface area contributed by atoms with E-state index in [1.165, 1.54) is 25.5 Å². The Labute approximate surface area is 169 Å². The number of sulfonamides is 1. The first-order chi connectivity index (χ1) is 12.8. The van der Waals surface area contributed by atoms with Crippen LogP contribution in [-0.4, -0.2) is 48.6 Å². The normalized spacial score (nSPS) is 17.8. The maximum atomic E-state index is 13.3. The molecule has 1 aliphatic rings. The molecule has 0 bridgehead atoms. The fourth-order valence-electron chi connectivity index (χ4n) is 3.26. The Kier molecular flexibility index (Phi) is 6.71. The van der Waals surface area contributed by atoms with Crippen molar-refractivity contribution in [2.45, 2.75) is 10.9 Å². The standard InChI is InChI=1S/C17H22N4O5S.ClH/c1-19-11-15(16(22)20(2)17(19)23)27(24,25)21-9-8-18-10-13(21)12-6-4-5-7-14(12)26-3;/h4-7,11,13,18H,8-10H2,1-3H3;1H. The number of piperazine rings is 1. The summed E-state index contributed by atoms with van der Waals surface area (Å²) in [4.78, 5) is 24.0. The quantitative estimate of drug-likeness (QED) is 0.723. The summed E-state index contributed by atoms with van der Waals surface area (Å²) in [5, 5.41) is 3.18. The molecule has 1 aromatic carbocycles. The molecule has 1 fully saturated rings. The van der Waals surface area contributed by atoms with Crippen LogP contribution in [-0.2, 0) is 24.1 Å². The monoisotopic (exact) mass is 430 g/mol. The molecular formula is C17H23ClN4O5S. The van der Waals surface area contributed by atoms with Gasteiger partial charge >= 0.3 is 5.69 Å². The third kappa shape index (κ3) is 3.72. The number of ether oxygens (including phenoxy) is 1. The molecule has 0 amide bonds. The zero-order valence-corrected chi connectivity index (χ0v) is 17.4. The molecule has 154 valence electrons. The van der Waals surface area contributed by atoms with Crippen molar-refractivity contribution in [1.29, 1.82) is 0 Å². The van der Waals surface area contributed by atoms with Gasteiger partial charge in [-0.3, -0.25) is 9.36 Å². The molecule has 1 aromatic heterocycles. The van der Waals surface area contributed by atoms with Gasteiger partial charge in [0.1, 0.15) is 5.75 Å². The highest BCUT2D eigenvalue weighted by Gasteiger charge is 2.37. The molecule has 28 heavy (non-hydrogen) atoms. The number of aromatic nitrogens is 2. The third-order valence-electron chi connectivity index (χ3n) is 4.69. The molecule has 1 saturated heterocycles. The lowest BCUT2D eigenvalue weighted by atomic mass is 10.0. The Morgan fingerprint density at radius 2 is 1.86 bits per heavy atom. The predicted octanol–water partition coefficient (Wildman–Crippen LogP) is -0.150. The number of hydrogen-bond acceptors (Lipinski definition) is 6. The van der Waals surface area contributed by atoms with Crippen molar-refractivity contribution >= 4 is 22.4 Å². The SMILES string of the molecule is COc1ccccc1C1CNCCN1S(=O)(=O)c1cn(C)c(=O)n(C)c1=O.Cl. The number of rotatable bonds is 4. The lowest BCUT2D eigenvalue weighted by molar-refractivity contribution is 0.264. The van der Waals surface area contributed by atoms with E-state index in [1.54, 1.807) is 18.2 Å². The highest BCUT2D eigenvalue weighted by atomic mass is 35.5. The number of methoxy groups -OCH3 is 1. The molecule has 0 saturated carbocycles. The van der Waals surface area contributed by atoms with Gasteiger partial charge in [-0.1, -0.05) is 18.2 Å². The van der Waals surface area contributed by atoms with Crippen molar-refractivity contribution in [3.8, 4) is 5.75 Å². The molecule has 1 aliphatic heterocycles. The van der Waals surface area contributed by atoms with E-state index in [1.807, 2.05) is 6.07 Å². The fraction of sp³-hybridized carbons (Fsp3) is 0.412. The van der Waals surface area contributed by atoms with Crippen LogP contribution in [0.4, 0.5) is 0 Å². The van der Waals surface area contributed by atoms with Gasteiger partial charge in [0.2, 0.25) is 0 Å². The molecule has 1 atom stereocenters. The third-order valence-corrected chi connectivity index (χ3v) is 6.58. The lowest BCUT2D eigenvalue weighted by Gasteiger charge is -2.35. The van der Waals surface area contributed by atoms with Crippen molar-refractivity contribution in [3.63, 3.8) is 0 Å². The second kappa shape index (κ2) is 8.48. The Bertz CT molecular complexity index is 1080. The van der Waals surface area contributed by atoms with Gasteiger partial charge in [0.15, 0.2) is 4.90 Å². The van der Waals surface area contributed by atoms with E-state index in [9.17, 15) is 18.0 Å². The minimum absolute atomic E-state index is 0. The average molecular weight is 431 g/mol. The van der Waals surface area contributed by atoms with Crippen LogP contribution in [0.15, 0.2) is 44.9 Å². The Morgan fingerprint density at radius 1 is 1.18 bits per heavy atom. The van der Waals surface area contributed by atoms with Gasteiger partial charge in [-0.2, -0.15) is 4.31 Å². The zero-order valence-electron chi connectivity index (χ0n) is 15.8. The molecule has 1 N–H and O–H groups in total. The Morgan fingerprint density at radius 3 is 2.54 bits per heavy atom. The second-order valence-corrected chi connectivity index (χ2v) is 8.19. The fourth-order valence-corrected chi connectivity index (χ4v) is 5.01. The van der Waals surface area contributed by atoms with Crippen LogP contribution in [0.2, 0.25) is 0 Å². The van der Waals surface area contributed by atoms with Crippen LogP contribution < -0.4 is 21.3 Å². The van der Waals surface area contributed by atoms with E-state index in [2.05, 4.69) is 5.32 Å². The molecule has 0 aliphatic carbocycles. The smallest absolute Gasteiger partial charge is 0.330 e. The van der Waals surface area contributed by atoms with Crippen molar-refractivity contribution in [2.24, 2.45) is 14.1 Å². The van der Waals surface area contributed by atoms with Gasteiger partial charge in [0.25, 0.3) is 15.6 Å². The number of aryl methyl sites for hydroxylation is 1. The second-order valence-electron chi connectivity index (χ2n) is 6.33. The van der Waals surface area contributed by atoms with Crippen LogP contribution in [0.3, 0.4) is 0 Å². The van der Waals surface area contributed by atoms with Gasteiger partial charge in [-0.05, 0) is 6.07 Å². The summed E-state index contributed by atoms with van der Waals surface area (Å²) in [6.45, 7) is 1.03. The lowest BCUT2D eigenvalue weighted by Crippen LogP contribution is -2.50. The summed E-state index contributed by atoms with van der Waals surface area (Å²) in [5.74, 6) is 0.569. The van der Waals surface area contributed by atoms with Crippen LogP contribution >= 0.6 is 12.4 Å². The molecule has 9 nitrogen and oxygen atoms in total. The molecular weight excluding hydrogens is 408 g/mol. The number of halogens is 1. The first kappa shape index (κ1) is 22.2. The Balaban J connectivity index is 0.00000280. The van der Waals surface area contributed by atoms with Gasteiger partial charge in [0.05, 0.1) is 13.2 Å². The number of nitrogens with zero attached hydrogens (tertiary/aromatic N) is 3. The van der Waals surface area contributed by atoms with Crippen molar-refractivity contribution < 1.29 is 13.2 Å². The molecule has 11 heteroatoms. The number of benzene rings is 1. The van der Waals surface area contributed by atoms with Gasteiger partial charge in [0, 0.05) is 45.5 Å². The maximum absolute atomic E-state index is 13.3. The zero-order chi connectivity index (χ0) is 19.8. The highest BCUT2D eigenvalue weighted by Crippen LogP contribution is 2.33.